The van der Waals surface area contributed by atoms with Gasteiger partial charge in [-0.05, 0) is 65.7 Å². The number of benzene rings is 1. The number of hydrogen-bond donors (Lipinski definition) is 1. The molecule has 2 aromatic rings. The standard InChI is InChI=1S/C29H38FN5O5/c1-18-14-38-15-19(2)35(18)26(36)21-12-20(30)6-7-22(21)39-23-13-31-17-33-24(23)25-29(16-32-25)8-10-34(11-9-29)27(37)40-28(3,4)5/h6-7,12-13,17-19,25,32H,8-11,14-16H2,1-5H3/t18-,19+,25?. The molecular weight excluding hydrogens is 517 g/mol. The minimum atomic E-state index is -0.543. The normalized spacial score (nSPS) is 24.4. The summed E-state index contributed by atoms with van der Waals surface area (Å²) in [4.78, 5) is 38.4. The van der Waals surface area contributed by atoms with E-state index in [4.69, 9.17) is 14.2 Å². The highest BCUT2D eigenvalue weighted by atomic mass is 19.1. The molecule has 3 aliphatic heterocycles. The van der Waals surface area contributed by atoms with E-state index in [1.807, 2.05) is 34.6 Å². The van der Waals surface area contributed by atoms with Crippen LogP contribution in [-0.2, 0) is 9.47 Å². The molecule has 1 aromatic heterocycles. The van der Waals surface area contributed by atoms with Gasteiger partial charge in [-0.25, -0.2) is 19.2 Å². The molecule has 0 aliphatic carbocycles. The summed E-state index contributed by atoms with van der Waals surface area (Å²) in [6.45, 7) is 12.2. The Morgan fingerprint density at radius 1 is 1.12 bits per heavy atom. The molecule has 3 saturated heterocycles. The first-order chi connectivity index (χ1) is 19.0. The van der Waals surface area contributed by atoms with Gasteiger partial charge in [0.15, 0.2) is 5.75 Å². The van der Waals surface area contributed by atoms with Gasteiger partial charge in [0.1, 0.15) is 29.2 Å². The summed E-state index contributed by atoms with van der Waals surface area (Å²) in [5.74, 6) is -0.201. The minimum Gasteiger partial charge on any atom is -0.453 e. The molecule has 3 fully saturated rings. The number of hydrogen-bond acceptors (Lipinski definition) is 8. The zero-order valence-electron chi connectivity index (χ0n) is 23.8. The van der Waals surface area contributed by atoms with Crippen molar-refractivity contribution >= 4 is 12.0 Å². The lowest BCUT2D eigenvalue weighted by Gasteiger charge is -2.54. The molecule has 0 saturated carbocycles. The molecule has 40 heavy (non-hydrogen) atoms. The molecule has 1 N–H and O–H groups in total. The quantitative estimate of drug-likeness (QED) is 0.595. The molecule has 0 radical (unpaired) electrons. The Kier molecular flexibility index (Phi) is 7.71. The summed E-state index contributed by atoms with van der Waals surface area (Å²) < 4.78 is 31.8. The fourth-order valence-electron chi connectivity index (χ4n) is 5.85. The van der Waals surface area contributed by atoms with E-state index in [1.165, 1.54) is 24.5 Å². The van der Waals surface area contributed by atoms with Crippen molar-refractivity contribution in [2.75, 3.05) is 32.8 Å². The Balaban J connectivity index is 1.36. The molecule has 0 bridgehead atoms. The van der Waals surface area contributed by atoms with Gasteiger partial charge in [-0.2, -0.15) is 0 Å². The molecule has 1 spiro atoms. The summed E-state index contributed by atoms with van der Waals surface area (Å²) in [7, 11) is 0. The van der Waals surface area contributed by atoms with Crippen LogP contribution in [0.4, 0.5) is 9.18 Å². The van der Waals surface area contributed by atoms with Gasteiger partial charge in [0.2, 0.25) is 0 Å². The maximum absolute atomic E-state index is 14.4. The van der Waals surface area contributed by atoms with E-state index in [-0.39, 0.29) is 46.9 Å². The first-order valence-corrected chi connectivity index (χ1v) is 13.9. The van der Waals surface area contributed by atoms with Gasteiger partial charge in [0, 0.05) is 25.0 Å². The van der Waals surface area contributed by atoms with E-state index in [1.54, 1.807) is 16.0 Å². The number of nitrogens with one attached hydrogen (secondary N) is 1. The van der Waals surface area contributed by atoms with Crippen molar-refractivity contribution in [3.8, 4) is 11.5 Å². The Morgan fingerprint density at radius 3 is 2.45 bits per heavy atom. The topological polar surface area (TPSA) is 106 Å². The van der Waals surface area contributed by atoms with Gasteiger partial charge in [0.25, 0.3) is 5.91 Å². The molecule has 11 heteroatoms. The van der Waals surface area contributed by atoms with E-state index in [2.05, 4.69) is 15.3 Å². The van der Waals surface area contributed by atoms with E-state index in [9.17, 15) is 14.0 Å². The second kappa shape index (κ2) is 10.9. The zero-order chi connectivity index (χ0) is 28.7. The van der Waals surface area contributed by atoms with Gasteiger partial charge >= 0.3 is 6.09 Å². The molecule has 2 amide bonds. The van der Waals surface area contributed by atoms with Gasteiger partial charge in [-0.15, -0.1) is 0 Å². The number of likely N-dealkylation sites (tertiary alicyclic amines) is 1. The predicted octanol–water partition coefficient (Wildman–Crippen LogP) is 4.32. The fraction of sp³-hybridized carbons (Fsp3) is 0.586. The summed E-state index contributed by atoms with van der Waals surface area (Å²) >= 11 is 0. The third-order valence-electron chi connectivity index (χ3n) is 7.96. The Morgan fingerprint density at radius 2 is 1.82 bits per heavy atom. The van der Waals surface area contributed by atoms with Crippen molar-refractivity contribution in [2.24, 2.45) is 5.41 Å². The number of nitrogens with zero attached hydrogens (tertiary/aromatic N) is 4. The summed E-state index contributed by atoms with van der Waals surface area (Å²) in [6.07, 6.45) is 4.30. The fourth-order valence-corrected chi connectivity index (χ4v) is 5.85. The summed E-state index contributed by atoms with van der Waals surface area (Å²) in [5.41, 5.74) is 0.156. The predicted molar refractivity (Wildman–Crippen MR) is 145 cm³/mol. The number of aromatic nitrogens is 2. The van der Waals surface area contributed by atoms with Gasteiger partial charge in [0.05, 0.1) is 43.1 Å². The van der Waals surface area contributed by atoms with Crippen molar-refractivity contribution in [2.45, 2.75) is 71.2 Å². The maximum atomic E-state index is 14.4. The number of ether oxygens (including phenoxy) is 3. The van der Waals surface area contributed by atoms with Crippen LogP contribution in [0.3, 0.4) is 0 Å². The van der Waals surface area contributed by atoms with Crippen molar-refractivity contribution in [1.82, 2.24) is 25.1 Å². The third kappa shape index (κ3) is 5.62. The van der Waals surface area contributed by atoms with Crippen molar-refractivity contribution in [3.63, 3.8) is 0 Å². The smallest absolute Gasteiger partial charge is 0.410 e. The SMILES string of the molecule is C[C@@H]1COC[C@H](C)N1C(=O)c1cc(F)ccc1Oc1cncnc1C1NCC12CCN(C(=O)OC(C)(C)C)CC2. The molecular formula is C29H38FN5O5. The van der Waals surface area contributed by atoms with Crippen LogP contribution in [0.1, 0.15) is 69.6 Å². The second-order valence-corrected chi connectivity index (χ2v) is 12.1. The number of morpholine rings is 1. The van der Waals surface area contributed by atoms with E-state index in [0.29, 0.717) is 37.7 Å². The molecule has 216 valence electrons. The largest absolute Gasteiger partial charge is 0.453 e. The van der Waals surface area contributed by atoms with Crippen LogP contribution in [0.5, 0.6) is 11.5 Å². The van der Waals surface area contributed by atoms with E-state index < -0.39 is 11.4 Å². The Hall–Kier alpha value is -3.31. The number of carbonyl (C=O) groups is 2. The van der Waals surface area contributed by atoms with Crippen LogP contribution in [-0.4, -0.2) is 82.3 Å². The second-order valence-electron chi connectivity index (χ2n) is 12.1. The van der Waals surface area contributed by atoms with Crippen LogP contribution >= 0.6 is 0 Å². The summed E-state index contributed by atoms with van der Waals surface area (Å²) in [5, 5.41) is 3.49. The lowest BCUT2D eigenvalue weighted by Crippen LogP contribution is -2.61. The average molecular weight is 556 g/mol. The number of rotatable bonds is 4. The highest BCUT2D eigenvalue weighted by Crippen LogP contribution is 2.50. The lowest BCUT2D eigenvalue weighted by molar-refractivity contribution is -0.0251. The molecule has 1 aromatic carbocycles. The van der Waals surface area contributed by atoms with Gasteiger partial charge in [-0.1, -0.05) is 0 Å². The van der Waals surface area contributed by atoms with Crippen LogP contribution in [0.15, 0.2) is 30.7 Å². The van der Waals surface area contributed by atoms with Crippen LogP contribution in [0.2, 0.25) is 0 Å². The average Bonchev–Trinajstić information content (AvgIpc) is 2.89. The van der Waals surface area contributed by atoms with Crippen LogP contribution in [0.25, 0.3) is 0 Å². The minimum absolute atomic E-state index is 0.106. The highest BCUT2D eigenvalue weighted by Gasteiger charge is 2.51. The molecule has 3 aliphatic rings. The van der Waals surface area contributed by atoms with Crippen molar-refractivity contribution in [3.05, 3.63) is 47.8 Å². The molecule has 5 rings (SSSR count). The Bertz CT molecular complexity index is 1250. The van der Waals surface area contributed by atoms with Crippen molar-refractivity contribution in [1.29, 1.82) is 0 Å². The molecule has 4 heterocycles. The highest BCUT2D eigenvalue weighted by molar-refractivity contribution is 5.97. The lowest BCUT2D eigenvalue weighted by atomic mass is 9.65. The first-order valence-electron chi connectivity index (χ1n) is 13.9. The van der Waals surface area contributed by atoms with E-state index >= 15 is 0 Å². The summed E-state index contributed by atoms with van der Waals surface area (Å²) in [6, 6.07) is 3.52. The first kappa shape index (κ1) is 28.2. The number of amides is 2. The maximum Gasteiger partial charge on any atom is 0.410 e. The van der Waals surface area contributed by atoms with Gasteiger partial charge < -0.3 is 29.3 Å². The molecule has 10 nitrogen and oxygen atoms in total. The number of halogens is 1. The van der Waals surface area contributed by atoms with Crippen LogP contribution < -0.4 is 10.1 Å². The number of piperidine rings is 1. The molecule has 3 atom stereocenters. The number of carbonyl (C=O) groups excluding carboxylic acids is 2. The molecule has 1 unspecified atom stereocenters. The zero-order valence-corrected chi connectivity index (χ0v) is 23.8. The van der Waals surface area contributed by atoms with Gasteiger partial charge in [-0.3, -0.25) is 4.79 Å². The Labute approximate surface area is 234 Å². The van der Waals surface area contributed by atoms with Crippen LogP contribution in [0, 0.1) is 11.2 Å². The monoisotopic (exact) mass is 555 g/mol. The third-order valence-corrected chi connectivity index (χ3v) is 7.96. The van der Waals surface area contributed by atoms with Crippen molar-refractivity contribution < 1.29 is 28.2 Å². The van der Waals surface area contributed by atoms with E-state index in [0.717, 1.165) is 19.4 Å².